The van der Waals surface area contributed by atoms with Gasteiger partial charge in [0, 0.05) is 18.7 Å². The highest BCUT2D eigenvalue weighted by atomic mass is 28.3. The Morgan fingerprint density at radius 1 is 1.00 bits per heavy atom. The van der Waals surface area contributed by atoms with Gasteiger partial charge in [-0.3, -0.25) is 4.90 Å². The lowest BCUT2D eigenvalue weighted by atomic mass is 10.2. The fourth-order valence-corrected chi connectivity index (χ4v) is 3.51. The molecule has 2 rings (SSSR count). The topological polar surface area (TPSA) is 16.4 Å². The monoisotopic (exact) mass is 287 g/mol. The summed E-state index contributed by atoms with van der Waals surface area (Å²) in [5, 5.41) is 1.52. The first kappa shape index (κ1) is 15.1. The molecule has 1 heterocycles. The summed E-state index contributed by atoms with van der Waals surface area (Å²) in [6.45, 7) is 11.1. The molecule has 0 unspecified atom stereocenters. The van der Waals surface area contributed by atoms with Crippen molar-refractivity contribution < 1.29 is 4.42 Å². The average molecular weight is 287 g/mol. The molecule has 0 fully saturated rings. The zero-order valence-corrected chi connectivity index (χ0v) is 14.2. The van der Waals surface area contributed by atoms with Crippen LogP contribution in [0.3, 0.4) is 0 Å². The summed E-state index contributed by atoms with van der Waals surface area (Å²) < 4.78 is 5.35. The SMILES string of the molecule is Cc1occc1CN(C)Cc1ccc([Si](C)(C)C)cc1. The third-order valence-electron chi connectivity index (χ3n) is 3.68. The summed E-state index contributed by atoms with van der Waals surface area (Å²) in [4.78, 5) is 2.32. The smallest absolute Gasteiger partial charge is 0.105 e. The van der Waals surface area contributed by atoms with Crippen LogP contribution < -0.4 is 5.19 Å². The highest BCUT2D eigenvalue weighted by Crippen LogP contribution is 2.13. The van der Waals surface area contributed by atoms with E-state index in [9.17, 15) is 0 Å². The minimum atomic E-state index is -1.18. The molecule has 0 aliphatic carbocycles. The summed E-state index contributed by atoms with van der Waals surface area (Å²) >= 11 is 0. The van der Waals surface area contributed by atoms with Crippen molar-refractivity contribution in [1.82, 2.24) is 4.90 Å². The van der Waals surface area contributed by atoms with Crippen LogP contribution >= 0.6 is 0 Å². The largest absolute Gasteiger partial charge is 0.469 e. The van der Waals surface area contributed by atoms with Gasteiger partial charge in [-0.2, -0.15) is 0 Å². The Labute approximate surface area is 123 Å². The van der Waals surface area contributed by atoms with Crippen molar-refractivity contribution in [3.05, 3.63) is 53.5 Å². The van der Waals surface area contributed by atoms with Gasteiger partial charge in [0.05, 0.1) is 14.3 Å². The van der Waals surface area contributed by atoms with Gasteiger partial charge in [0.25, 0.3) is 0 Å². The summed E-state index contributed by atoms with van der Waals surface area (Å²) in [5.74, 6) is 1.02. The number of aryl methyl sites for hydroxylation is 1. The van der Waals surface area contributed by atoms with Crippen LogP contribution in [0.5, 0.6) is 0 Å². The van der Waals surface area contributed by atoms with E-state index in [1.807, 2.05) is 6.92 Å². The number of furan rings is 1. The number of benzene rings is 1. The van der Waals surface area contributed by atoms with Gasteiger partial charge in [0.15, 0.2) is 0 Å². The third kappa shape index (κ3) is 3.84. The van der Waals surface area contributed by atoms with Crippen LogP contribution in [0.2, 0.25) is 19.6 Å². The molecule has 0 N–H and O–H groups in total. The Morgan fingerprint density at radius 2 is 1.65 bits per heavy atom. The van der Waals surface area contributed by atoms with E-state index in [1.54, 1.807) is 6.26 Å². The van der Waals surface area contributed by atoms with Crippen LogP contribution in [-0.4, -0.2) is 20.0 Å². The van der Waals surface area contributed by atoms with E-state index in [1.165, 1.54) is 16.3 Å². The molecule has 0 saturated heterocycles. The zero-order valence-electron chi connectivity index (χ0n) is 13.2. The predicted molar refractivity (Wildman–Crippen MR) is 88.0 cm³/mol. The molecule has 0 amide bonds. The molecule has 0 bridgehead atoms. The second kappa shape index (κ2) is 5.98. The van der Waals surface area contributed by atoms with Crippen molar-refractivity contribution in [3.8, 4) is 0 Å². The fourth-order valence-electron chi connectivity index (χ4n) is 2.34. The van der Waals surface area contributed by atoms with Gasteiger partial charge in [0.1, 0.15) is 5.76 Å². The van der Waals surface area contributed by atoms with E-state index in [4.69, 9.17) is 4.42 Å². The van der Waals surface area contributed by atoms with Gasteiger partial charge in [-0.1, -0.05) is 49.1 Å². The average Bonchev–Trinajstić information content (AvgIpc) is 2.74. The second-order valence-electron chi connectivity index (χ2n) is 6.62. The summed E-state index contributed by atoms with van der Waals surface area (Å²) in [7, 11) is 0.970. The van der Waals surface area contributed by atoms with E-state index >= 15 is 0 Å². The van der Waals surface area contributed by atoms with E-state index in [2.05, 4.69) is 61.9 Å². The van der Waals surface area contributed by atoms with Crippen LogP contribution in [-0.2, 0) is 13.1 Å². The van der Waals surface area contributed by atoms with Crippen molar-refractivity contribution in [2.75, 3.05) is 7.05 Å². The van der Waals surface area contributed by atoms with Gasteiger partial charge in [-0.15, -0.1) is 0 Å². The molecule has 1 aromatic heterocycles. The first-order chi connectivity index (χ1) is 9.36. The van der Waals surface area contributed by atoms with Crippen LogP contribution in [0.25, 0.3) is 0 Å². The van der Waals surface area contributed by atoms with Gasteiger partial charge >= 0.3 is 0 Å². The standard InChI is InChI=1S/C17H25NOSi/c1-14-16(10-11-19-14)13-18(2)12-15-6-8-17(9-7-15)20(3,4)5/h6-11H,12-13H2,1-5H3. The molecule has 0 spiro atoms. The molecule has 0 atom stereocenters. The van der Waals surface area contributed by atoms with Crippen LogP contribution in [0.1, 0.15) is 16.9 Å². The van der Waals surface area contributed by atoms with Crippen molar-refractivity contribution in [2.45, 2.75) is 39.7 Å². The lowest BCUT2D eigenvalue weighted by Crippen LogP contribution is -2.37. The maximum absolute atomic E-state index is 5.35. The molecule has 0 saturated carbocycles. The molecule has 3 heteroatoms. The van der Waals surface area contributed by atoms with Gasteiger partial charge in [0.2, 0.25) is 0 Å². The lowest BCUT2D eigenvalue weighted by Gasteiger charge is -2.19. The van der Waals surface area contributed by atoms with Gasteiger partial charge < -0.3 is 4.42 Å². The van der Waals surface area contributed by atoms with Gasteiger partial charge in [-0.25, -0.2) is 0 Å². The molecule has 0 aliphatic rings. The molecular weight excluding hydrogens is 262 g/mol. The maximum atomic E-state index is 5.35. The highest BCUT2D eigenvalue weighted by Gasteiger charge is 2.15. The molecule has 1 aromatic carbocycles. The molecular formula is C17H25NOSi. The zero-order chi connectivity index (χ0) is 14.8. The minimum absolute atomic E-state index is 0.929. The minimum Gasteiger partial charge on any atom is -0.469 e. The fraction of sp³-hybridized carbons (Fsp3) is 0.412. The quantitative estimate of drug-likeness (QED) is 0.778. The Hall–Kier alpha value is -1.32. The maximum Gasteiger partial charge on any atom is 0.105 e. The molecule has 2 nitrogen and oxygen atoms in total. The summed E-state index contributed by atoms with van der Waals surface area (Å²) in [5.41, 5.74) is 2.64. The summed E-state index contributed by atoms with van der Waals surface area (Å²) in [6.07, 6.45) is 1.77. The first-order valence-electron chi connectivity index (χ1n) is 7.17. The lowest BCUT2D eigenvalue weighted by molar-refractivity contribution is 0.316. The Morgan fingerprint density at radius 3 is 2.15 bits per heavy atom. The highest BCUT2D eigenvalue weighted by molar-refractivity contribution is 6.88. The number of rotatable bonds is 5. The van der Waals surface area contributed by atoms with Crippen LogP contribution in [0.4, 0.5) is 0 Å². The Bertz CT molecular complexity index is 551. The normalized spacial score (nSPS) is 12.1. The number of hydrogen-bond acceptors (Lipinski definition) is 2. The van der Waals surface area contributed by atoms with E-state index in [-0.39, 0.29) is 0 Å². The first-order valence-corrected chi connectivity index (χ1v) is 10.7. The van der Waals surface area contributed by atoms with Gasteiger partial charge in [-0.05, 0) is 25.6 Å². The van der Waals surface area contributed by atoms with E-state index in [0.717, 1.165) is 18.8 Å². The van der Waals surface area contributed by atoms with E-state index in [0.29, 0.717) is 0 Å². The second-order valence-corrected chi connectivity index (χ2v) is 11.7. The van der Waals surface area contributed by atoms with Crippen molar-refractivity contribution in [3.63, 3.8) is 0 Å². The predicted octanol–water partition coefficient (Wildman–Crippen LogP) is 3.77. The van der Waals surface area contributed by atoms with Crippen LogP contribution in [0, 0.1) is 6.92 Å². The molecule has 20 heavy (non-hydrogen) atoms. The molecule has 0 aliphatic heterocycles. The Balaban J connectivity index is 1.98. The number of hydrogen-bond donors (Lipinski definition) is 0. The van der Waals surface area contributed by atoms with Crippen molar-refractivity contribution in [2.24, 2.45) is 0 Å². The van der Waals surface area contributed by atoms with Crippen molar-refractivity contribution >= 4 is 13.3 Å². The molecule has 2 aromatic rings. The van der Waals surface area contributed by atoms with E-state index < -0.39 is 8.07 Å². The number of nitrogens with zero attached hydrogens (tertiary/aromatic N) is 1. The Kier molecular flexibility index (Phi) is 4.51. The van der Waals surface area contributed by atoms with Crippen LogP contribution in [0.15, 0.2) is 41.0 Å². The summed E-state index contributed by atoms with van der Waals surface area (Å²) in [6, 6.07) is 11.2. The molecule has 108 valence electrons. The third-order valence-corrected chi connectivity index (χ3v) is 5.74. The van der Waals surface area contributed by atoms with Crippen molar-refractivity contribution in [1.29, 1.82) is 0 Å². The molecule has 0 radical (unpaired) electrons.